The lowest BCUT2D eigenvalue weighted by Gasteiger charge is -2.24. The van der Waals surface area contributed by atoms with Crippen molar-refractivity contribution in [3.63, 3.8) is 0 Å². The zero-order valence-corrected chi connectivity index (χ0v) is 10.1. The third kappa shape index (κ3) is 4.32. The second-order valence-corrected chi connectivity index (χ2v) is 5.04. The number of hydrogen-bond donors (Lipinski definition) is 2. The van der Waals surface area contributed by atoms with E-state index in [1.54, 1.807) is 0 Å². The molecule has 1 heterocycles. The van der Waals surface area contributed by atoms with Crippen molar-refractivity contribution >= 4 is 11.7 Å². The Bertz CT molecular complexity index is 265. The molecule has 0 aromatic heterocycles. The predicted octanol–water partition coefficient (Wildman–Crippen LogP) is 1.07. The molecule has 15 heavy (non-hydrogen) atoms. The van der Waals surface area contributed by atoms with Crippen LogP contribution >= 0.6 is 0 Å². The fourth-order valence-corrected chi connectivity index (χ4v) is 1.45. The third-order valence-corrected chi connectivity index (χ3v) is 2.15. The van der Waals surface area contributed by atoms with Crippen LogP contribution in [0.25, 0.3) is 0 Å². The number of carbonyl (C=O) groups excluding carboxylic acids is 1. The first-order chi connectivity index (χ1) is 6.88. The van der Waals surface area contributed by atoms with Gasteiger partial charge in [0.25, 0.3) is 0 Å². The van der Waals surface area contributed by atoms with Crippen molar-refractivity contribution in [1.29, 1.82) is 0 Å². The van der Waals surface area contributed by atoms with Crippen LogP contribution in [0.3, 0.4) is 0 Å². The largest absolute Gasteiger partial charge is 0.362 e. The van der Waals surface area contributed by atoms with Gasteiger partial charge in [-0.3, -0.25) is 9.79 Å². The van der Waals surface area contributed by atoms with Crippen LogP contribution in [0.15, 0.2) is 4.99 Å². The molecule has 0 bridgehead atoms. The maximum absolute atomic E-state index is 11.7. The van der Waals surface area contributed by atoms with Crippen LogP contribution in [0.2, 0.25) is 0 Å². The summed E-state index contributed by atoms with van der Waals surface area (Å²) in [6.45, 7) is 8.68. The lowest BCUT2D eigenvalue weighted by atomic mass is 10.1. The van der Waals surface area contributed by atoms with E-state index in [1.165, 1.54) is 0 Å². The fourth-order valence-electron chi connectivity index (χ4n) is 1.45. The van der Waals surface area contributed by atoms with Gasteiger partial charge in [0.05, 0.1) is 5.84 Å². The molecule has 0 aromatic carbocycles. The summed E-state index contributed by atoms with van der Waals surface area (Å²) in [7, 11) is 0. The monoisotopic (exact) mass is 211 g/mol. The SMILES string of the molecule is CC(NC1=NCCC1)C(=O)NC(C)(C)C. The Balaban J connectivity index is 2.39. The maximum Gasteiger partial charge on any atom is 0.242 e. The Morgan fingerprint density at radius 3 is 2.60 bits per heavy atom. The second-order valence-electron chi connectivity index (χ2n) is 5.04. The van der Waals surface area contributed by atoms with E-state index in [9.17, 15) is 4.79 Å². The molecular weight excluding hydrogens is 190 g/mol. The summed E-state index contributed by atoms with van der Waals surface area (Å²) < 4.78 is 0. The van der Waals surface area contributed by atoms with Crippen molar-refractivity contribution in [2.75, 3.05) is 6.54 Å². The fraction of sp³-hybridized carbons (Fsp3) is 0.818. The van der Waals surface area contributed by atoms with Gasteiger partial charge in [-0.05, 0) is 34.1 Å². The summed E-state index contributed by atoms with van der Waals surface area (Å²) in [6.07, 6.45) is 2.06. The smallest absolute Gasteiger partial charge is 0.242 e. The number of hydrogen-bond acceptors (Lipinski definition) is 3. The van der Waals surface area contributed by atoms with Crippen LogP contribution in [0.1, 0.15) is 40.5 Å². The van der Waals surface area contributed by atoms with Crippen molar-refractivity contribution in [2.45, 2.75) is 52.1 Å². The zero-order chi connectivity index (χ0) is 11.5. The van der Waals surface area contributed by atoms with Crippen molar-refractivity contribution in [3.8, 4) is 0 Å². The minimum Gasteiger partial charge on any atom is -0.362 e. The average molecular weight is 211 g/mol. The first kappa shape index (κ1) is 12.0. The molecule has 4 nitrogen and oxygen atoms in total. The molecule has 0 spiro atoms. The molecule has 0 radical (unpaired) electrons. The predicted molar refractivity (Wildman–Crippen MR) is 62.0 cm³/mol. The van der Waals surface area contributed by atoms with Crippen LogP contribution in [0.5, 0.6) is 0 Å². The van der Waals surface area contributed by atoms with Gasteiger partial charge >= 0.3 is 0 Å². The Kier molecular flexibility index (Phi) is 3.72. The molecule has 4 heteroatoms. The van der Waals surface area contributed by atoms with Crippen molar-refractivity contribution in [2.24, 2.45) is 4.99 Å². The van der Waals surface area contributed by atoms with E-state index in [-0.39, 0.29) is 17.5 Å². The Morgan fingerprint density at radius 1 is 1.47 bits per heavy atom. The summed E-state index contributed by atoms with van der Waals surface area (Å²) in [5.41, 5.74) is -0.176. The van der Waals surface area contributed by atoms with Crippen LogP contribution in [0, 0.1) is 0 Å². The van der Waals surface area contributed by atoms with Crippen molar-refractivity contribution < 1.29 is 4.79 Å². The molecule has 1 atom stereocenters. The summed E-state index contributed by atoms with van der Waals surface area (Å²) in [5.74, 6) is 0.989. The highest BCUT2D eigenvalue weighted by Gasteiger charge is 2.20. The normalized spacial score (nSPS) is 18.3. The Labute approximate surface area is 91.5 Å². The van der Waals surface area contributed by atoms with Gasteiger partial charge in [-0.1, -0.05) is 0 Å². The third-order valence-electron chi connectivity index (χ3n) is 2.15. The summed E-state index contributed by atoms with van der Waals surface area (Å²) in [4.78, 5) is 16.0. The molecule has 1 amide bonds. The van der Waals surface area contributed by atoms with Crippen molar-refractivity contribution in [1.82, 2.24) is 10.6 Å². The van der Waals surface area contributed by atoms with Crippen LogP contribution in [0.4, 0.5) is 0 Å². The van der Waals surface area contributed by atoms with E-state index in [1.807, 2.05) is 27.7 Å². The van der Waals surface area contributed by atoms with Crippen LogP contribution in [-0.2, 0) is 4.79 Å². The highest BCUT2D eigenvalue weighted by atomic mass is 16.2. The lowest BCUT2D eigenvalue weighted by molar-refractivity contribution is -0.123. The van der Waals surface area contributed by atoms with Gasteiger partial charge in [-0.2, -0.15) is 0 Å². The second kappa shape index (κ2) is 4.64. The van der Waals surface area contributed by atoms with Gasteiger partial charge in [-0.15, -0.1) is 0 Å². The Hall–Kier alpha value is -1.06. The van der Waals surface area contributed by atoms with E-state index in [2.05, 4.69) is 15.6 Å². The van der Waals surface area contributed by atoms with Gasteiger partial charge in [0.15, 0.2) is 0 Å². The molecule has 1 unspecified atom stereocenters. The first-order valence-corrected chi connectivity index (χ1v) is 5.50. The summed E-state index contributed by atoms with van der Waals surface area (Å²) in [6, 6.07) is -0.207. The zero-order valence-electron chi connectivity index (χ0n) is 10.1. The van der Waals surface area contributed by atoms with Gasteiger partial charge in [0.1, 0.15) is 6.04 Å². The van der Waals surface area contributed by atoms with Crippen LogP contribution < -0.4 is 10.6 Å². The number of carbonyl (C=O) groups is 1. The average Bonchev–Trinajstić information content (AvgIpc) is 2.53. The molecule has 1 aliphatic rings. The minimum absolute atomic E-state index is 0.0251. The summed E-state index contributed by atoms with van der Waals surface area (Å²) >= 11 is 0. The highest BCUT2D eigenvalue weighted by Crippen LogP contribution is 2.03. The number of nitrogens with zero attached hydrogens (tertiary/aromatic N) is 1. The van der Waals surface area contributed by atoms with Crippen LogP contribution in [-0.4, -0.2) is 29.9 Å². The molecule has 0 aromatic rings. The molecular formula is C11H21N3O. The highest BCUT2D eigenvalue weighted by molar-refractivity contribution is 5.90. The first-order valence-electron chi connectivity index (χ1n) is 5.50. The molecule has 1 aliphatic heterocycles. The van der Waals surface area contributed by atoms with Crippen molar-refractivity contribution in [3.05, 3.63) is 0 Å². The lowest BCUT2D eigenvalue weighted by Crippen LogP contribution is -2.50. The molecule has 0 saturated carbocycles. The molecule has 2 N–H and O–H groups in total. The molecule has 0 saturated heterocycles. The van der Waals surface area contributed by atoms with E-state index in [0.29, 0.717) is 0 Å². The van der Waals surface area contributed by atoms with E-state index < -0.39 is 0 Å². The number of amides is 1. The Morgan fingerprint density at radius 2 is 2.13 bits per heavy atom. The number of amidine groups is 1. The standard InChI is InChI=1S/C11H21N3O/c1-8(10(15)14-11(2,3)4)13-9-6-5-7-12-9/h8H,5-7H2,1-4H3,(H,12,13)(H,14,15). The van der Waals surface area contributed by atoms with Gasteiger partial charge in [0, 0.05) is 18.5 Å². The quantitative estimate of drug-likeness (QED) is 0.718. The summed E-state index contributed by atoms with van der Waals surface area (Å²) in [5, 5.41) is 6.08. The molecule has 1 rings (SSSR count). The van der Waals surface area contributed by atoms with Gasteiger partial charge in [0.2, 0.25) is 5.91 Å². The number of nitrogens with one attached hydrogen (secondary N) is 2. The molecule has 0 fully saturated rings. The van der Waals surface area contributed by atoms with E-state index >= 15 is 0 Å². The van der Waals surface area contributed by atoms with Gasteiger partial charge < -0.3 is 10.6 Å². The molecule has 86 valence electrons. The minimum atomic E-state index is -0.207. The van der Waals surface area contributed by atoms with E-state index in [0.717, 1.165) is 25.2 Å². The van der Waals surface area contributed by atoms with Gasteiger partial charge in [-0.25, -0.2) is 0 Å². The number of rotatable bonds is 2. The van der Waals surface area contributed by atoms with E-state index in [4.69, 9.17) is 0 Å². The molecule has 0 aliphatic carbocycles. The number of aliphatic imine (C=N–C) groups is 1. The topological polar surface area (TPSA) is 53.5 Å². The maximum atomic E-state index is 11.7.